The predicted molar refractivity (Wildman–Crippen MR) is 68.1 cm³/mol. The molecule has 0 nitrogen and oxygen atoms in total. The fraction of sp³-hybridized carbons (Fsp3) is 0.429. The van der Waals surface area contributed by atoms with Crippen LogP contribution < -0.4 is 0 Å². The van der Waals surface area contributed by atoms with Gasteiger partial charge in [-0.1, -0.05) is 12.1 Å². The van der Waals surface area contributed by atoms with Crippen LogP contribution in [0.15, 0.2) is 16.6 Å². The Kier molecular flexibility index (Phi) is 2.24. The van der Waals surface area contributed by atoms with Crippen molar-refractivity contribution < 1.29 is 0 Å². The molecule has 1 aromatic carbocycles. The molecule has 78 valence electrons. The standard InChI is InChI=1S/C14H15Br/c1-9-6-7-11-8-10-4-2-3-5-12(10)14(15)13(9)11/h6,8H,2-5,7H2,1H3. The van der Waals surface area contributed by atoms with E-state index in [1.807, 2.05) is 0 Å². The number of benzene rings is 1. The van der Waals surface area contributed by atoms with Crippen molar-refractivity contribution in [2.45, 2.75) is 39.0 Å². The molecule has 0 amide bonds. The molecule has 0 aliphatic heterocycles. The van der Waals surface area contributed by atoms with E-state index in [9.17, 15) is 0 Å². The lowest BCUT2D eigenvalue weighted by atomic mass is 9.88. The van der Waals surface area contributed by atoms with Crippen LogP contribution in [0.3, 0.4) is 0 Å². The summed E-state index contributed by atoms with van der Waals surface area (Å²) in [5, 5.41) is 0. The molecular weight excluding hydrogens is 248 g/mol. The summed E-state index contributed by atoms with van der Waals surface area (Å²) in [5.74, 6) is 0. The zero-order chi connectivity index (χ0) is 10.4. The van der Waals surface area contributed by atoms with E-state index >= 15 is 0 Å². The smallest absolute Gasteiger partial charge is 0.0287 e. The zero-order valence-corrected chi connectivity index (χ0v) is 10.7. The van der Waals surface area contributed by atoms with Crippen molar-refractivity contribution in [2.24, 2.45) is 0 Å². The molecule has 0 saturated carbocycles. The fourth-order valence-electron chi connectivity index (χ4n) is 2.87. The van der Waals surface area contributed by atoms with E-state index in [-0.39, 0.29) is 0 Å². The Balaban J connectivity index is 2.24. The molecule has 0 radical (unpaired) electrons. The van der Waals surface area contributed by atoms with Gasteiger partial charge < -0.3 is 0 Å². The van der Waals surface area contributed by atoms with E-state index in [2.05, 4.69) is 35.0 Å². The van der Waals surface area contributed by atoms with E-state index in [4.69, 9.17) is 0 Å². The van der Waals surface area contributed by atoms with Gasteiger partial charge in [0.2, 0.25) is 0 Å². The van der Waals surface area contributed by atoms with Crippen molar-refractivity contribution >= 4 is 21.5 Å². The quantitative estimate of drug-likeness (QED) is 0.655. The van der Waals surface area contributed by atoms with Crippen molar-refractivity contribution in [1.29, 1.82) is 0 Å². The third-order valence-electron chi connectivity index (χ3n) is 3.69. The summed E-state index contributed by atoms with van der Waals surface area (Å²) in [6.45, 7) is 2.23. The van der Waals surface area contributed by atoms with Crippen LogP contribution in [0.25, 0.3) is 5.57 Å². The van der Waals surface area contributed by atoms with E-state index in [0.29, 0.717) is 0 Å². The van der Waals surface area contributed by atoms with Gasteiger partial charge in [0.25, 0.3) is 0 Å². The SMILES string of the molecule is CC1=CCc2cc3c(c(Br)c21)CCCC3. The minimum Gasteiger partial charge on any atom is -0.0765 e. The number of halogens is 1. The van der Waals surface area contributed by atoms with Crippen LogP contribution in [-0.2, 0) is 19.3 Å². The Morgan fingerprint density at radius 2 is 1.93 bits per heavy atom. The molecule has 1 heteroatoms. The van der Waals surface area contributed by atoms with Gasteiger partial charge in [-0.15, -0.1) is 0 Å². The summed E-state index contributed by atoms with van der Waals surface area (Å²) in [6, 6.07) is 2.45. The maximum absolute atomic E-state index is 3.82. The molecule has 0 atom stereocenters. The first-order valence-corrected chi connectivity index (χ1v) is 6.57. The topological polar surface area (TPSA) is 0 Å². The van der Waals surface area contributed by atoms with Crippen molar-refractivity contribution in [3.05, 3.63) is 38.9 Å². The molecule has 0 fully saturated rings. The molecule has 2 aliphatic carbocycles. The van der Waals surface area contributed by atoms with Crippen molar-refractivity contribution in [3.8, 4) is 0 Å². The lowest BCUT2D eigenvalue weighted by Crippen LogP contribution is -2.06. The number of rotatable bonds is 0. The van der Waals surface area contributed by atoms with Gasteiger partial charge in [0.05, 0.1) is 0 Å². The fourth-order valence-corrected chi connectivity index (χ4v) is 3.89. The van der Waals surface area contributed by atoms with Crippen molar-refractivity contribution in [1.82, 2.24) is 0 Å². The highest BCUT2D eigenvalue weighted by molar-refractivity contribution is 9.10. The number of allylic oxidation sites excluding steroid dienone is 2. The number of hydrogen-bond donors (Lipinski definition) is 0. The predicted octanol–water partition coefficient (Wildman–Crippen LogP) is 4.29. The number of fused-ring (bicyclic) bond motifs is 2. The Labute approximate surface area is 99.5 Å². The average molecular weight is 263 g/mol. The Bertz CT molecular complexity index is 454. The third-order valence-corrected chi connectivity index (χ3v) is 4.56. The van der Waals surface area contributed by atoms with Crippen LogP contribution >= 0.6 is 15.9 Å². The first-order valence-electron chi connectivity index (χ1n) is 5.77. The Morgan fingerprint density at radius 1 is 1.13 bits per heavy atom. The van der Waals surface area contributed by atoms with E-state index in [0.717, 1.165) is 6.42 Å². The average Bonchev–Trinajstić information content (AvgIpc) is 2.61. The van der Waals surface area contributed by atoms with Crippen LogP contribution in [0, 0.1) is 0 Å². The number of hydrogen-bond acceptors (Lipinski definition) is 0. The maximum atomic E-state index is 3.82. The number of aryl methyl sites for hydroxylation is 1. The van der Waals surface area contributed by atoms with E-state index in [1.54, 1.807) is 11.1 Å². The monoisotopic (exact) mass is 262 g/mol. The second kappa shape index (κ2) is 3.48. The van der Waals surface area contributed by atoms with Gasteiger partial charge in [-0.25, -0.2) is 0 Å². The Hall–Kier alpha value is -0.560. The van der Waals surface area contributed by atoms with Gasteiger partial charge in [0, 0.05) is 4.47 Å². The van der Waals surface area contributed by atoms with E-state index in [1.165, 1.54) is 46.9 Å². The molecular formula is C14H15Br. The third kappa shape index (κ3) is 1.40. The highest BCUT2D eigenvalue weighted by Crippen LogP contribution is 2.39. The first-order chi connectivity index (χ1) is 7.27. The summed E-state index contributed by atoms with van der Waals surface area (Å²) in [4.78, 5) is 0. The zero-order valence-electron chi connectivity index (χ0n) is 9.07. The summed E-state index contributed by atoms with van der Waals surface area (Å²) in [6.07, 6.45) is 8.74. The second-order valence-electron chi connectivity index (χ2n) is 4.66. The molecule has 0 N–H and O–H groups in total. The van der Waals surface area contributed by atoms with Crippen LogP contribution in [0.4, 0.5) is 0 Å². The summed E-state index contributed by atoms with van der Waals surface area (Å²) >= 11 is 3.82. The Morgan fingerprint density at radius 3 is 2.80 bits per heavy atom. The summed E-state index contributed by atoms with van der Waals surface area (Å²) in [5.41, 5.74) is 7.63. The van der Waals surface area contributed by atoms with Gasteiger partial charge in [0.1, 0.15) is 0 Å². The van der Waals surface area contributed by atoms with Crippen LogP contribution in [0.2, 0.25) is 0 Å². The van der Waals surface area contributed by atoms with E-state index < -0.39 is 0 Å². The summed E-state index contributed by atoms with van der Waals surface area (Å²) < 4.78 is 1.39. The van der Waals surface area contributed by atoms with Crippen LogP contribution in [0.5, 0.6) is 0 Å². The van der Waals surface area contributed by atoms with Gasteiger partial charge in [-0.05, 0) is 82.8 Å². The summed E-state index contributed by atoms with van der Waals surface area (Å²) in [7, 11) is 0. The molecule has 0 aromatic heterocycles. The van der Waals surface area contributed by atoms with Crippen LogP contribution in [-0.4, -0.2) is 0 Å². The first kappa shape index (κ1) is 9.65. The molecule has 0 unspecified atom stereocenters. The van der Waals surface area contributed by atoms with Gasteiger partial charge in [0.15, 0.2) is 0 Å². The molecule has 1 aromatic rings. The minimum absolute atomic E-state index is 1.13. The minimum atomic E-state index is 1.13. The second-order valence-corrected chi connectivity index (χ2v) is 5.45. The lowest BCUT2D eigenvalue weighted by Gasteiger charge is -2.20. The molecule has 0 heterocycles. The lowest BCUT2D eigenvalue weighted by molar-refractivity contribution is 0.682. The molecule has 0 saturated heterocycles. The largest absolute Gasteiger partial charge is 0.0765 e. The maximum Gasteiger partial charge on any atom is 0.0287 e. The molecule has 15 heavy (non-hydrogen) atoms. The van der Waals surface area contributed by atoms with Gasteiger partial charge >= 0.3 is 0 Å². The highest BCUT2D eigenvalue weighted by atomic mass is 79.9. The normalized spacial score (nSPS) is 18.4. The van der Waals surface area contributed by atoms with Gasteiger partial charge in [-0.3, -0.25) is 0 Å². The molecule has 0 spiro atoms. The van der Waals surface area contributed by atoms with Gasteiger partial charge in [-0.2, -0.15) is 0 Å². The molecule has 2 aliphatic rings. The van der Waals surface area contributed by atoms with Crippen molar-refractivity contribution in [3.63, 3.8) is 0 Å². The molecule has 3 rings (SSSR count). The molecule has 0 bridgehead atoms. The van der Waals surface area contributed by atoms with Crippen LogP contribution in [0.1, 0.15) is 42.0 Å². The van der Waals surface area contributed by atoms with Crippen molar-refractivity contribution in [2.75, 3.05) is 0 Å². The highest BCUT2D eigenvalue weighted by Gasteiger charge is 2.21.